The van der Waals surface area contributed by atoms with Gasteiger partial charge in [0.2, 0.25) is 0 Å². The molecule has 0 unspecified atom stereocenters. The van der Waals surface area contributed by atoms with Crippen molar-refractivity contribution in [1.82, 2.24) is 9.97 Å². The molecule has 0 radical (unpaired) electrons. The van der Waals surface area contributed by atoms with Gasteiger partial charge < -0.3 is 9.78 Å². The van der Waals surface area contributed by atoms with Gasteiger partial charge in [-0.1, -0.05) is 12.2 Å². The molecule has 1 aromatic heterocycles. The van der Waals surface area contributed by atoms with Gasteiger partial charge in [0.05, 0.1) is 5.56 Å². The van der Waals surface area contributed by atoms with Crippen molar-refractivity contribution in [2.45, 2.75) is 6.42 Å². The van der Waals surface area contributed by atoms with Gasteiger partial charge in [0.15, 0.2) is 0 Å². The Morgan fingerprint density at radius 3 is 2.77 bits per heavy atom. The average molecular weight is 180 g/mol. The SMILES string of the molecule is O=CCC=Cc1c[nH]c(=O)[nH]c1=O. The molecule has 0 aliphatic heterocycles. The topological polar surface area (TPSA) is 82.8 Å². The van der Waals surface area contributed by atoms with Gasteiger partial charge in [0, 0.05) is 12.6 Å². The first-order chi connectivity index (χ1) is 6.24. The average Bonchev–Trinajstić information content (AvgIpc) is 2.09. The normalized spacial score (nSPS) is 10.5. The third-order valence-corrected chi connectivity index (χ3v) is 1.38. The van der Waals surface area contributed by atoms with Crippen LogP contribution in [0.2, 0.25) is 0 Å². The number of rotatable bonds is 3. The van der Waals surface area contributed by atoms with E-state index in [-0.39, 0.29) is 6.42 Å². The third kappa shape index (κ3) is 2.55. The van der Waals surface area contributed by atoms with Crippen LogP contribution in [-0.2, 0) is 4.79 Å². The Hall–Kier alpha value is -1.91. The Morgan fingerprint density at radius 2 is 2.15 bits per heavy atom. The molecule has 5 nitrogen and oxygen atoms in total. The second-order valence-corrected chi connectivity index (χ2v) is 2.33. The third-order valence-electron chi connectivity index (χ3n) is 1.38. The lowest BCUT2D eigenvalue weighted by molar-refractivity contribution is -0.107. The van der Waals surface area contributed by atoms with E-state index in [1.165, 1.54) is 18.3 Å². The maximum Gasteiger partial charge on any atom is 0.325 e. The Morgan fingerprint density at radius 1 is 1.38 bits per heavy atom. The number of aromatic nitrogens is 2. The van der Waals surface area contributed by atoms with Gasteiger partial charge in [-0.15, -0.1) is 0 Å². The van der Waals surface area contributed by atoms with Gasteiger partial charge >= 0.3 is 5.69 Å². The quantitative estimate of drug-likeness (QED) is 0.624. The van der Waals surface area contributed by atoms with Crippen LogP contribution in [0.5, 0.6) is 0 Å². The predicted octanol–water partition coefficient (Wildman–Crippen LogP) is -0.335. The standard InChI is InChI=1S/C8H8N2O3/c11-4-2-1-3-6-5-9-8(13)10-7(6)12/h1,3-5H,2H2,(H2,9,10,12,13). The van der Waals surface area contributed by atoms with E-state index in [1.54, 1.807) is 0 Å². The molecule has 68 valence electrons. The van der Waals surface area contributed by atoms with E-state index in [0.29, 0.717) is 5.56 Å². The Labute approximate surface area is 73.1 Å². The van der Waals surface area contributed by atoms with E-state index >= 15 is 0 Å². The van der Waals surface area contributed by atoms with Crippen LogP contribution in [0, 0.1) is 0 Å². The molecular weight excluding hydrogens is 172 g/mol. The first-order valence-electron chi connectivity index (χ1n) is 3.66. The first-order valence-corrected chi connectivity index (χ1v) is 3.66. The lowest BCUT2D eigenvalue weighted by Gasteiger charge is -1.88. The number of hydrogen-bond donors (Lipinski definition) is 2. The Kier molecular flexibility index (Phi) is 2.97. The molecule has 0 amide bonds. The number of aldehydes is 1. The van der Waals surface area contributed by atoms with Crippen molar-refractivity contribution in [2.24, 2.45) is 0 Å². The van der Waals surface area contributed by atoms with Gasteiger partial charge in [-0.05, 0) is 0 Å². The number of carbonyl (C=O) groups is 1. The van der Waals surface area contributed by atoms with Gasteiger partial charge in [0.1, 0.15) is 6.29 Å². The van der Waals surface area contributed by atoms with Crippen molar-refractivity contribution in [1.29, 1.82) is 0 Å². The second-order valence-electron chi connectivity index (χ2n) is 2.33. The molecule has 0 fully saturated rings. The molecular formula is C8H8N2O3. The molecule has 1 aromatic rings. The van der Waals surface area contributed by atoms with Crippen LogP contribution >= 0.6 is 0 Å². The highest BCUT2D eigenvalue weighted by Crippen LogP contribution is 1.90. The number of aromatic amines is 2. The minimum atomic E-state index is -0.544. The van der Waals surface area contributed by atoms with Crippen molar-refractivity contribution >= 4 is 12.4 Å². The molecule has 0 aliphatic rings. The minimum Gasteiger partial charge on any atom is -0.314 e. The number of nitrogens with one attached hydrogen (secondary N) is 2. The van der Waals surface area contributed by atoms with E-state index < -0.39 is 11.2 Å². The summed E-state index contributed by atoms with van der Waals surface area (Å²) in [5.41, 5.74) is -0.690. The van der Waals surface area contributed by atoms with E-state index in [0.717, 1.165) is 6.29 Å². The van der Waals surface area contributed by atoms with Crippen LogP contribution in [0.15, 0.2) is 21.9 Å². The number of hydrogen-bond acceptors (Lipinski definition) is 3. The smallest absolute Gasteiger partial charge is 0.314 e. The maximum atomic E-state index is 11.0. The minimum absolute atomic E-state index is 0.249. The Bertz CT molecular complexity index is 428. The van der Waals surface area contributed by atoms with E-state index in [4.69, 9.17) is 0 Å². The van der Waals surface area contributed by atoms with Gasteiger partial charge in [-0.25, -0.2) is 4.79 Å². The summed E-state index contributed by atoms with van der Waals surface area (Å²) < 4.78 is 0. The highest BCUT2D eigenvalue weighted by atomic mass is 16.2. The summed E-state index contributed by atoms with van der Waals surface area (Å²) in [6.07, 6.45) is 5.27. The summed E-state index contributed by atoms with van der Waals surface area (Å²) in [5, 5.41) is 0. The predicted molar refractivity (Wildman–Crippen MR) is 47.4 cm³/mol. The van der Waals surface area contributed by atoms with Crippen LogP contribution in [0.25, 0.3) is 6.08 Å². The molecule has 1 heterocycles. The van der Waals surface area contributed by atoms with Crippen molar-refractivity contribution in [3.8, 4) is 0 Å². The van der Waals surface area contributed by atoms with Crippen LogP contribution in [-0.4, -0.2) is 16.3 Å². The molecule has 1 rings (SSSR count). The zero-order valence-electron chi connectivity index (χ0n) is 6.74. The number of carbonyl (C=O) groups excluding carboxylic acids is 1. The highest BCUT2D eigenvalue weighted by Gasteiger charge is 1.93. The maximum absolute atomic E-state index is 11.0. The summed E-state index contributed by atoms with van der Waals surface area (Å²) in [6, 6.07) is 0. The van der Waals surface area contributed by atoms with Crippen LogP contribution in [0.1, 0.15) is 12.0 Å². The van der Waals surface area contributed by atoms with Crippen molar-refractivity contribution in [2.75, 3.05) is 0 Å². The second kappa shape index (κ2) is 4.20. The molecule has 0 spiro atoms. The fraction of sp³-hybridized carbons (Fsp3) is 0.125. The molecule has 2 N–H and O–H groups in total. The molecule has 5 heteroatoms. The lowest BCUT2D eigenvalue weighted by Crippen LogP contribution is -2.22. The highest BCUT2D eigenvalue weighted by molar-refractivity contribution is 5.57. The summed E-state index contributed by atoms with van der Waals surface area (Å²) >= 11 is 0. The number of allylic oxidation sites excluding steroid dienone is 1. The molecule has 0 bridgehead atoms. The van der Waals surface area contributed by atoms with E-state index in [9.17, 15) is 14.4 Å². The van der Waals surface area contributed by atoms with Crippen LogP contribution < -0.4 is 11.2 Å². The molecule has 0 saturated heterocycles. The van der Waals surface area contributed by atoms with Gasteiger partial charge in [0.25, 0.3) is 5.56 Å². The van der Waals surface area contributed by atoms with E-state index in [2.05, 4.69) is 9.97 Å². The first kappa shape index (κ1) is 9.18. The summed E-state index contributed by atoms with van der Waals surface area (Å²) in [7, 11) is 0. The van der Waals surface area contributed by atoms with Crippen molar-refractivity contribution in [3.63, 3.8) is 0 Å². The zero-order chi connectivity index (χ0) is 9.68. The fourth-order valence-corrected chi connectivity index (χ4v) is 0.795. The largest absolute Gasteiger partial charge is 0.325 e. The molecule has 13 heavy (non-hydrogen) atoms. The number of H-pyrrole nitrogens is 2. The Balaban J connectivity index is 2.96. The van der Waals surface area contributed by atoms with Crippen LogP contribution in [0.3, 0.4) is 0 Å². The molecule has 0 saturated carbocycles. The zero-order valence-corrected chi connectivity index (χ0v) is 6.74. The van der Waals surface area contributed by atoms with Crippen molar-refractivity contribution < 1.29 is 4.79 Å². The summed E-state index contributed by atoms with van der Waals surface area (Å²) in [4.78, 5) is 35.9. The monoisotopic (exact) mass is 180 g/mol. The molecule has 0 atom stereocenters. The lowest BCUT2D eigenvalue weighted by atomic mass is 10.3. The summed E-state index contributed by atoms with van der Waals surface area (Å²) in [6.45, 7) is 0. The van der Waals surface area contributed by atoms with Crippen molar-refractivity contribution in [3.05, 3.63) is 38.7 Å². The molecule has 0 aliphatic carbocycles. The fourth-order valence-electron chi connectivity index (χ4n) is 0.795. The van der Waals surface area contributed by atoms with Crippen LogP contribution in [0.4, 0.5) is 0 Å². The molecule has 0 aromatic carbocycles. The summed E-state index contributed by atoms with van der Waals surface area (Å²) in [5.74, 6) is 0. The van der Waals surface area contributed by atoms with E-state index in [1.807, 2.05) is 0 Å². The van der Waals surface area contributed by atoms with Gasteiger partial charge in [-0.2, -0.15) is 0 Å². The van der Waals surface area contributed by atoms with Gasteiger partial charge in [-0.3, -0.25) is 9.78 Å².